The summed E-state index contributed by atoms with van der Waals surface area (Å²) in [6.07, 6.45) is 0.817. The van der Waals surface area contributed by atoms with Crippen LogP contribution >= 0.6 is 0 Å². The van der Waals surface area contributed by atoms with Gasteiger partial charge in [-0.2, -0.15) is 0 Å². The maximum Gasteiger partial charge on any atom is 0.331 e. The molecule has 0 saturated carbocycles. The molecule has 2 aromatic heterocycles. The van der Waals surface area contributed by atoms with E-state index in [9.17, 15) is 19.1 Å². The third kappa shape index (κ3) is 3.23. The van der Waals surface area contributed by atoms with Gasteiger partial charge in [0.1, 0.15) is 11.4 Å². The van der Waals surface area contributed by atoms with Gasteiger partial charge in [-0.1, -0.05) is 37.3 Å². The van der Waals surface area contributed by atoms with Crippen LogP contribution in [0.25, 0.3) is 10.9 Å². The average molecular weight is 434 g/mol. The normalized spacial score (nSPS) is 16.4. The second-order valence-corrected chi connectivity index (χ2v) is 8.05. The van der Waals surface area contributed by atoms with Crippen LogP contribution in [-0.2, 0) is 13.0 Å². The molecule has 8 heteroatoms. The lowest BCUT2D eigenvalue weighted by atomic mass is 9.93. The molecule has 7 nitrogen and oxygen atoms in total. The van der Waals surface area contributed by atoms with Crippen LogP contribution in [0.4, 0.5) is 4.39 Å². The van der Waals surface area contributed by atoms with E-state index in [4.69, 9.17) is 0 Å². The summed E-state index contributed by atoms with van der Waals surface area (Å²) < 4.78 is 14.4. The zero-order chi connectivity index (χ0) is 22.4. The number of benzene rings is 2. The summed E-state index contributed by atoms with van der Waals surface area (Å²) in [6.45, 7) is 3.38. The molecule has 0 saturated heterocycles. The second-order valence-electron chi connectivity index (χ2n) is 8.05. The van der Waals surface area contributed by atoms with Crippen molar-refractivity contribution in [2.24, 2.45) is 0 Å². The van der Waals surface area contributed by atoms with Crippen molar-refractivity contribution in [2.75, 3.05) is 13.1 Å². The number of aromatic amines is 2. The zero-order valence-corrected chi connectivity index (χ0v) is 17.6. The third-order valence-corrected chi connectivity index (χ3v) is 6.27. The maximum absolute atomic E-state index is 13.3. The van der Waals surface area contributed by atoms with Crippen molar-refractivity contribution in [2.45, 2.75) is 25.9 Å². The van der Waals surface area contributed by atoms with Gasteiger partial charge in [-0.25, -0.2) is 9.18 Å². The fourth-order valence-electron chi connectivity index (χ4n) is 4.70. The summed E-state index contributed by atoms with van der Waals surface area (Å²) in [4.78, 5) is 33.4. The van der Waals surface area contributed by atoms with Crippen molar-refractivity contribution in [3.05, 3.63) is 97.6 Å². The molecule has 0 spiro atoms. The largest absolute Gasteiger partial charge is 0.494 e. The molecule has 3 heterocycles. The van der Waals surface area contributed by atoms with Crippen LogP contribution in [0.1, 0.15) is 35.3 Å². The van der Waals surface area contributed by atoms with Crippen LogP contribution in [-0.4, -0.2) is 37.6 Å². The summed E-state index contributed by atoms with van der Waals surface area (Å²) in [5.74, 6) is -0.766. The number of halogens is 1. The fraction of sp³-hybridized carbons (Fsp3) is 0.250. The van der Waals surface area contributed by atoms with Gasteiger partial charge < -0.3 is 10.1 Å². The smallest absolute Gasteiger partial charge is 0.331 e. The summed E-state index contributed by atoms with van der Waals surface area (Å²) in [5, 5.41) is 12.3. The number of H-pyrrole nitrogens is 2. The van der Waals surface area contributed by atoms with Crippen molar-refractivity contribution < 1.29 is 9.50 Å². The number of hydrogen-bond acceptors (Lipinski definition) is 4. The van der Waals surface area contributed by atoms with Crippen LogP contribution in [0, 0.1) is 5.82 Å². The SMILES string of the molecule is CCN1CCc2c([nH]c3ccccc23)[C@H]1c1c(O)n(Cc2ccc(F)cc2)c(=O)[nH]c1=O. The number of para-hydroxylation sites is 1. The topological polar surface area (TPSA) is 94.1 Å². The molecule has 4 aromatic rings. The Kier molecular flexibility index (Phi) is 4.94. The number of fused-ring (bicyclic) bond motifs is 3. The van der Waals surface area contributed by atoms with E-state index in [2.05, 4.69) is 14.9 Å². The Hall–Kier alpha value is -3.65. The molecule has 0 unspecified atom stereocenters. The molecule has 0 radical (unpaired) electrons. The van der Waals surface area contributed by atoms with Crippen LogP contribution in [0.2, 0.25) is 0 Å². The Bertz CT molecular complexity index is 1420. The molecular weight excluding hydrogens is 411 g/mol. The van der Waals surface area contributed by atoms with Gasteiger partial charge in [-0.05, 0) is 42.3 Å². The molecule has 0 amide bonds. The summed E-state index contributed by atoms with van der Waals surface area (Å²) in [5.41, 5.74) is 2.37. The molecule has 1 aliphatic heterocycles. The zero-order valence-electron chi connectivity index (χ0n) is 17.6. The molecule has 0 aliphatic carbocycles. The van der Waals surface area contributed by atoms with E-state index in [-0.39, 0.29) is 23.8 Å². The lowest BCUT2D eigenvalue weighted by Crippen LogP contribution is -2.41. The number of hydrogen-bond donors (Lipinski definition) is 3. The second kappa shape index (κ2) is 7.80. The van der Waals surface area contributed by atoms with E-state index in [0.29, 0.717) is 18.7 Å². The van der Waals surface area contributed by atoms with Gasteiger partial charge in [0.25, 0.3) is 5.56 Å². The highest BCUT2D eigenvalue weighted by Crippen LogP contribution is 2.39. The lowest BCUT2D eigenvalue weighted by molar-refractivity contribution is 0.214. The Morgan fingerprint density at radius 1 is 1.09 bits per heavy atom. The van der Waals surface area contributed by atoms with Crippen molar-refractivity contribution in [1.29, 1.82) is 0 Å². The molecule has 2 aromatic carbocycles. The van der Waals surface area contributed by atoms with Crippen LogP contribution < -0.4 is 11.2 Å². The minimum atomic E-state index is -0.712. The first-order chi connectivity index (χ1) is 15.5. The summed E-state index contributed by atoms with van der Waals surface area (Å²) in [6, 6.07) is 13.1. The number of nitrogens with zero attached hydrogens (tertiary/aromatic N) is 2. The van der Waals surface area contributed by atoms with Gasteiger partial charge in [0.15, 0.2) is 0 Å². The highest BCUT2D eigenvalue weighted by atomic mass is 19.1. The molecule has 1 atom stereocenters. The Balaban J connectivity index is 1.69. The Morgan fingerprint density at radius 3 is 2.59 bits per heavy atom. The van der Waals surface area contributed by atoms with Gasteiger partial charge in [0, 0.05) is 23.1 Å². The highest BCUT2D eigenvalue weighted by molar-refractivity contribution is 5.85. The van der Waals surface area contributed by atoms with E-state index in [0.717, 1.165) is 33.1 Å². The number of rotatable bonds is 4. The third-order valence-electron chi connectivity index (χ3n) is 6.27. The minimum Gasteiger partial charge on any atom is -0.494 e. The van der Waals surface area contributed by atoms with Gasteiger partial charge in [0.05, 0.1) is 12.6 Å². The first-order valence-corrected chi connectivity index (χ1v) is 10.6. The Labute approximate surface area is 182 Å². The number of aromatic hydroxyl groups is 1. The predicted molar refractivity (Wildman–Crippen MR) is 120 cm³/mol. The first-order valence-electron chi connectivity index (χ1n) is 10.6. The van der Waals surface area contributed by atoms with Gasteiger partial charge in [0.2, 0.25) is 5.88 Å². The van der Waals surface area contributed by atoms with E-state index in [1.54, 1.807) is 12.1 Å². The molecule has 32 heavy (non-hydrogen) atoms. The monoisotopic (exact) mass is 434 g/mol. The quantitative estimate of drug-likeness (QED) is 0.460. The average Bonchev–Trinajstić information content (AvgIpc) is 3.17. The van der Waals surface area contributed by atoms with Gasteiger partial charge in [-0.3, -0.25) is 19.2 Å². The van der Waals surface area contributed by atoms with Crippen LogP contribution in [0.3, 0.4) is 0 Å². The highest BCUT2D eigenvalue weighted by Gasteiger charge is 2.35. The van der Waals surface area contributed by atoms with Crippen molar-refractivity contribution >= 4 is 10.9 Å². The van der Waals surface area contributed by atoms with E-state index < -0.39 is 17.3 Å². The molecule has 0 fully saturated rings. The molecule has 164 valence electrons. The molecule has 5 rings (SSSR count). The van der Waals surface area contributed by atoms with Crippen molar-refractivity contribution in [3.8, 4) is 5.88 Å². The van der Waals surface area contributed by atoms with Crippen molar-refractivity contribution in [1.82, 2.24) is 19.4 Å². The van der Waals surface area contributed by atoms with E-state index in [1.807, 2.05) is 31.2 Å². The summed E-state index contributed by atoms with van der Waals surface area (Å²) >= 11 is 0. The Morgan fingerprint density at radius 2 is 1.84 bits per heavy atom. The maximum atomic E-state index is 13.3. The minimum absolute atomic E-state index is 0.00707. The molecule has 3 N–H and O–H groups in total. The summed E-state index contributed by atoms with van der Waals surface area (Å²) in [7, 11) is 0. The number of likely N-dealkylation sites (N-methyl/N-ethyl adjacent to an activating group) is 1. The predicted octanol–water partition coefficient (Wildman–Crippen LogP) is 2.88. The van der Waals surface area contributed by atoms with E-state index >= 15 is 0 Å². The molecular formula is C24H23FN4O3. The number of aromatic nitrogens is 3. The lowest BCUT2D eigenvalue weighted by Gasteiger charge is -2.35. The first kappa shape index (κ1) is 20.3. The number of nitrogens with one attached hydrogen (secondary N) is 2. The van der Waals surface area contributed by atoms with Crippen LogP contribution in [0.15, 0.2) is 58.1 Å². The van der Waals surface area contributed by atoms with Gasteiger partial charge in [-0.15, -0.1) is 0 Å². The van der Waals surface area contributed by atoms with Gasteiger partial charge >= 0.3 is 5.69 Å². The van der Waals surface area contributed by atoms with E-state index in [1.165, 1.54) is 12.1 Å². The fourth-order valence-corrected chi connectivity index (χ4v) is 4.70. The standard InChI is InChI=1S/C24H23FN4O3/c1-2-28-12-11-17-16-5-3-4-6-18(16)26-20(17)21(28)19-22(30)27-24(32)29(23(19)31)13-14-7-9-15(25)10-8-14/h3-10,21,26,31H,2,11-13H2,1H3,(H,27,30,32)/t21-/m1/s1. The van der Waals surface area contributed by atoms with Crippen LogP contribution in [0.5, 0.6) is 5.88 Å². The molecule has 0 bridgehead atoms. The molecule has 1 aliphatic rings. The van der Waals surface area contributed by atoms with Crippen molar-refractivity contribution in [3.63, 3.8) is 0 Å².